The summed E-state index contributed by atoms with van der Waals surface area (Å²) in [5.41, 5.74) is -0.368. The Kier molecular flexibility index (Phi) is 3.99. The molecule has 1 aromatic rings. The lowest BCUT2D eigenvalue weighted by molar-refractivity contribution is -0.130. The van der Waals surface area contributed by atoms with Crippen molar-refractivity contribution in [2.75, 3.05) is 37.8 Å². The standard InChI is InChI=1S/C14H17F3N2O4/c1-2-22-11(20)10-9(5-14(15,16)17)23-12(18-10)19-4-3-13(6-19)7-21-8-13/h2-8H2,1H3. The van der Waals surface area contributed by atoms with Gasteiger partial charge >= 0.3 is 12.1 Å². The maximum absolute atomic E-state index is 12.7. The van der Waals surface area contributed by atoms with Crippen LogP contribution in [-0.2, 0) is 15.9 Å². The number of rotatable bonds is 4. The van der Waals surface area contributed by atoms with E-state index in [-0.39, 0.29) is 18.0 Å². The van der Waals surface area contributed by atoms with E-state index in [9.17, 15) is 18.0 Å². The van der Waals surface area contributed by atoms with Gasteiger partial charge < -0.3 is 18.8 Å². The molecule has 3 rings (SSSR count). The minimum absolute atomic E-state index is 0.0305. The van der Waals surface area contributed by atoms with Crippen LogP contribution in [0.2, 0.25) is 0 Å². The molecule has 0 N–H and O–H groups in total. The normalized spacial score (nSPS) is 19.9. The van der Waals surface area contributed by atoms with E-state index in [1.807, 2.05) is 0 Å². The van der Waals surface area contributed by atoms with Gasteiger partial charge in [0.25, 0.3) is 6.01 Å². The van der Waals surface area contributed by atoms with Gasteiger partial charge in [0, 0.05) is 18.5 Å². The Labute approximate surface area is 130 Å². The van der Waals surface area contributed by atoms with Gasteiger partial charge in [-0.25, -0.2) is 4.79 Å². The zero-order chi connectivity index (χ0) is 16.7. The first-order valence-electron chi connectivity index (χ1n) is 7.38. The van der Waals surface area contributed by atoms with E-state index in [1.165, 1.54) is 0 Å². The molecule has 0 aliphatic carbocycles. The molecule has 0 atom stereocenters. The molecule has 0 amide bonds. The van der Waals surface area contributed by atoms with Crippen LogP contribution in [0.4, 0.5) is 19.2 Å². The number of carbonyl (C=O) groups is 1. The Morgan fingerprint density at radius 2 is 2.17 bits per heavy atom. The number of ether oxygens (including phenoxy) is 2. The third-order valence-corrected chi connectivity index (χ3v) is 4.04. The molecular weight excluding hydrogens is 317 g/mol. The van der Waals surface area contributed by atoms with Crippen molar-refractivity contribution in [1.82, 2.24) is 4.98 Å². The first kappa shape index (κ1) is 16.1. The number of halogens is 3. The number of aromatic nitrogens is 1. The third-order valence-electron chi connectivity index (χ3n) is 4.04. The molecule has 6 nitrogen and oxygen atoms in total. The van der Waals surface area contributed by atoms with E-state index < -0.39 is 30.0 Å². The monoisotopic (exact) mass is 334 g/mol. The largest absolute Gasteiger partial charge is 0.461 e. The minimum Gasteiger partial charge on any atom is -0.461 e. The number of anilines is 1. The van der Waals surface area contributed by atoms with Crippen LogP contribution < -0.4 is 4.90 Å². The van der Waals surface area contributed by atoms with Crippen LogP contribution >= 0.6 is 0 Å². The molecule has 9 heteroatoms. The Morgan fingerprint density at radius 3 is 2.70 bits per heavy atom. The molecule has 1 spiro atoms. The topological polar surface area (TPSA) is 64.8 Å². The maximum Gasteiger partial charge on any atom is 0.396 e. The average Bonchev–Trinajstić information content (AvgIpc) is 3.00. The van der Waals surface area contributed by atoms with Gasteiger partial charge in [-0.2, -0.15) is 18.2 Å². The zero-order valence-electron chi connectivity index (χ0n) is 12.6. The highest BCUT2D eigenvalue weighted by Crippen LogP contribution is 2.39. The molecule has 3 heterocycles. The Morgan fingerprint density at radius 1 is 1.43 bits per heavy atom. The summed E-state index contributed by atoms with van der Waals surface area (Å²) in [5, 5.41) is 0. The number of esters is 1. The highest BCUT2D eigenvalue weighted by atomic mass is 19.4. The highest BCUT2D eigenvalue weighted by molar-refractivity contribution is 5.88. The first-order chi connectivity index (χ1) is 10.8. The van der Waals surface area contributed by atoms with Crippen molar-refractivity contribution in [3.8, 4) is 0 Å². The lowest BCUT2D eigenvalue weighted by atomic mass is 9.85. The fourth-order valence-electron chi connectivity index (χ4n) is 2.86. The second kappa shape index (κ2) is 5.70. The third kappa shape index (κ3) is 3.29. The molecule has 23 heavy (non-hydrogen) atoms. The predicted octanol–water partition coefficient (Wildman–Crippen LogP) is 2.18. The number of hydrogen-bond donors (Lipinski definition) is 0. The fourth-order valence-corrected chi connectivity index (χ4v) is 2.86. The summed E-state index contributed by atoms with van der Waals surface area (Å²) in [5.74, 6) is -1.40. The Hall–Kier alpha value is -1.77. The molecule has 2 aliphatic heterocycles. The van der Waals surface area contributed by atoms with Crippen molar-refractivity contribution in [2.45, 2.75) is 25.9 Å². The van der Waals surface area contributed by atoms with Crippen molar-refractivity contribution in [2.24, 2.45) is 5.41 Å². The van der Waals surface area contributed by atoms with Gasteiger partial charge in [-0.15, -0.1) is 0 Å². The van der Waals surface area contributed by atoms with Crippen molar-refractivity contribution in [1.29, 1.82) is 0 Å². The van der Waals surface area contributed by atoms with Gasteiger partial charge in [-0.05, 0) is 13.3 Å². The number of alkyl halides is 3. The smallest absolute Gasteiger partial charge is 0.396 e. The molecule has 0 aromatic carbocycles. The molecule has 2 saturated heterocycles. The number of hydrogen-bond acceptors (Lipinski definition) is 6. The Bertz CT molecular complexity index is 595. The molecular formula is C14H17F3N2O4. The van der Waals surface area contributed by atoms with Crippen LogP contribution in [-0.4, -0.2) is 50.0 Å². The van der Waals surface area contributed by atoms with E-state index >= 15 is 0 Å². The molecule has 1 aromatic heterocycles. The second-order valence-corrected chi connectivity index (χ2v) is 5.95. The summed E-state index contributed by atoms with van der Waals surface area (Å²) >= 11 is 0. The van der Waals surface area contributed by atoms with Gasteiger partial charge in [-0.1, -0.05) is 0 Å². The van der Waals surface area contributed by atoms with Gasteiger partial charge in [0.2, 0.25) is 0 Å². The van der Waals surface area contributed by atoms with Gasteiger partial charge in [0.05, 0.1) is 19.8 Å². The van der Waals surface area contributed by atoms with Crippen LogP contribution in [0.25, 0.3) is 0 Å². The van der Waals surface area contributed by atoms with Gasteiger partial charge in [0.1, 0.15) is 6.42 Å². The lowest BCUT2D eigenvalue weighted by Gasteiger charge is -2.37. The summed E-state index contributed by atoms with van der Waals surface area (Å²) in [6, 6.07) is 0.0380. The van der Waals surface area contributed by atoms with Crippen molar-refractivity contribution >= 4 is 12.0 Å². The highest BCUT2D eigenvalue weighted by Gasteiger charge is 2.46. The summed E-state index contributed by atoms with van der Waals surface area (Å²) < 4.78 is 53.3. The summed E-state index contributed by atoms with van der Waals surface area (Å²) in [7, 11) is 0. The Balaban J connectivity index is 1.83. The quantitative estimate of drug-likeness (QED) is 0.787. The van der Waals surface area contributed by atoms with Crippen LogP contribution in [0, 0.1) is 5.41 Å². The average molecular weight is 334 g/mol. The lowest BCUT2D eigenvalue weighted by Crippen LogP contribution is -2.44. The van der Waals surface area contributed by atoms with Crippen LogP contribution in [0.1, 0.15) is 29.6 Å². The van der Waals surface area contributed by atoms with Gasteiger partial charge in [0.15, 0.2) is 11.5 Å². The second-order valence-electron chi connectivity index (χ2n) is 5.95. The van der Waals surface area contributed by atoms with Crippen LogP contribution in [0.5, 0.6) is 0 Å². The zero-order valence-corrected chi connectivity index (χ0v) is 12.6. The van der Waals surface area contributed by atoms with E-state index in [2.05, 4.69) is 4.98 Å². The van der Waals surface area contributed by atoms with Gasteiger partial charge in [-0.3, -0.25) is 0 Å². The molecule has 0 saturated carbocycles. The van der Waals surface area contributed by atoms with E-state index in [0.717, 1.165) is 6.42 Å². The van der Waals surface area contributed by atoms with E-state index in [4.69, 9.17) is 13.9 Å². The number of carbonyl (C=O) groups excluding carboxylic acids is 1. The van der Waals surface area contributed by atoms with Crippen molar-refractivity contribution < 1.29 is 31.9 Å². The molecule has 0 bridgehead atoms. The first-order valence-corrected chi connectivity index (χ1v) is 7.38. The summed E-state index contributed by atoms with van der Waals surface area (Å²) in [6.07, 6.45) is -4.99. The van der Waals surface area contributed by atoms with E-state index in [1.54, 1.807) is 11.8 Å². The molecule has 2 aliphatic rings. The summed E-state index contributed by atoms with van der Waals surface area (Å²) in [4.78, 5) is 17.5. The fraction of sp³-hybridized carbons (Fsp3) is 0.714. The summed E-state index contributed by atoms with van der Waals surface area (Å²) in [6.45, 7) is 4.09. The number of oxazole rings is 1. The molecule has 0 unspecified atom stereocenters. The molecule has 0 radical (unpaired) electrons. The SMILES string of the molecule is CCOC(=O)c1nc(N2CCC3(COC3)C2)oc1CC(F)(F)F. The number of nitrogens with zero attached hydrogens (tertiary/aromatic N) is 2. The van der Waals surface area contributed by atoms with Crippen molar-refractivity contribution in [3.05, 3.63) is 11.5 Å². The van der Waals surface area contributed by atoms with Crippen molar-refractivity contribution in [3.63, 3.8) is 0 Å². The minimum atomic E-state index is -4.49. The van der Waals surface area contributed by atoms with Crippen LogP contribution in [0.3, 0.4) is 0 Å². The predicted molar refractivity (Wildman–Crippen MR) is 72.3 cm³/mol. The molecule has 2 fully saturated rings. The van der Waals surface area contributed by atoms with Crippen LogP contribution in [0.15, 0.2) is 4.42 Å². The van der Waals surface area contributed by atoms with E-state index in [0.29, 0.717) is 26.3 Å². The maximum atomic E-state index is 12.7. The molecule has 128 valence electrons.